The molecule has 3 aromatic carbocycles. The standard InChI is InChI=1S/C25H25NO5.C6H14N4O2/c1-2-29-24(25(27)28)17-18-11-13-19(14-12-18)30-16-15-26-20-7-3-5-9-22(20)31-23-10-6-4-8-21(23)26;7-4(5(11)12)2-1-3-10-6(8)9/h3-14,24H,2,15-17H2,1H3,(H,27,28);4H,1-3,7H2,(H,11,12)(H4,8,9,10)/t24-;4-/m00/s1. The molecule has 43 heavy (non-hydrogen) atoms. The number of nitrogens with zero attached hydrogens (tertiary/aromatic N) is 2. The molecule has 1 aliphatic heterocycles. The van der Waals surface area contributed by atoms with Crippen LogP contribution in [0.25, 0.3) is 0 Å². The first-order chi connectivity index (χ1) is 20.7. The summed E-state index contributed by atoms with van der Waals surface area (Å²) in [5.41, 5.74) is 16.4. The Labute approximate surface area is 250 Å². The number of benzene rings is 3. The molecule has 0 aromatic heterocycles. The van der Waals surface area contributed by atoms with Crippen molar-refractivity contribution in [1.29, 1.82) is 0 Å². The first-order valence-electron chi connectivity index (χ1n) is 14.0. The van der Waals surface area contributed by atoms with Crippen LogP contribution in [0.2, 0.25) is 0 Å². The number of ether oxygens (including phenoxy) is 3. The number of quaternary nitrogens is 1. The quantitative estimate of drug-likeness (QED) is 0.120. The fourth-order valence-corrected chi connectivity index (χ4v) is 4.29. The van der Waals surface area contributed by atoms with Crippen LogP contribution >= 0.6 is 0 Å². The van der Waals surface area contributed by atoms with Crippen molar-refractivity contribution in [1.82, 2.24) is 0 Å². The van der Waals surface area contributed by atoms with Gasteiger partial charge in [-0.1, -0.05) is 36.4 Å². The maximum absolute atomic E-state index is 11.2. The third-order valence-corrected chi connectivity index (χ3v) is 6.45. The Bertz CT molecular complexity index is 1320. The van der Waals surface area contributed by atoms with Crippen molar-refractivity contribution in [3.63, 3.8) is 0 Å². The number of rotatable bonds is 14. The number of anilines is 2. The zero-order valence-corrected chi connectivity index (χ0v) is 24.2. The molecule has 12 nitrogen and oxygen atoms in total. The van der Waals surface area contributed by atoms with Crippen LogP contribution in [0, 0.1) is 0 Å². The number of hydrogen-bond donors (Lipinski definition) is 4. The lowest BCUT2D eigenvalue weighted by Crippen LogP contribution is -2.64. The number of carboxylic acid groups (broad SMARTS) is 2. The minimum atomic E-state index is -1.20. The van der Waals surface area contributed by atoms with Gasteiger partial charge in [-0.3, -0.25) is 4.99 Å². The number of hydrogen-bond acceptors (Lipinski definition) is 8. The molecule has 0 unspecified atom stereocenters. The van der Waals surface area contributed by atoms with Crippen LogP contribution in [0.4, 0.5) is 11.4 Å². The Morgan fingerprint density at radius 2 is 1.63 bits per heavy atom. The summed E-state index contributed by atoms with van der Waals surface area (Å²) in [4.78, 5) is 27.3. The van der Waals surface area contributed by atoms with Crippen molar-refractivity contribution in [2.75, 3.05) is 31.2 Å². The molecule has 0 bridgehead atoms. The zero-order chi connectivity index (χ0) is 31.2. The lowest BCUT2D eigenvalue weighted by molar-refractivity contribution is -0.409. The molecule has 4 rings (SSSR count). The predicted molar refractivity (Wildman–Crippen MR) is 160 cm³/mol. The summed E-state index contributed by atoms with van der Waals surface area (Å²) in [7, 11) is 0. The van der Waals surface area contributed by atoms with Crippen LogP contribution in [0.1, 0.15) is 25.3 Å². The third-order valence-electron chi connectivity index (χ3n) is 6.45. The topological polar surface area (TPSA) is 200 Å². The molecule has 1 heterocycles. The Balaban J connectivity index is 0.000000359. The average molecular weight is 594 g/mol. The average Bonchev–Trinajstić information content (AvgIpc) is 2.99. The third kappa shape index (κ3) is 10.2. The van der Waals surface area contributed by atoms with Crippen molar-refractivity contribution in [2.24, 2.45) is 16.5 Å². The molecule has 0 saturated carbocycles. The summed E-state index contributed by atoms with van der Waals surface area (Å²) < 4.78 is 17.2. The maximum Gasteiger partial charge on any atom is 0.362 e. The number of nitrogens with two attached hydrogens (primary N) is 2. The van der Waals surface area contributed by atoms with Crippen LogP contribution in [0.3, 0.4) is 0 Å². The Kier molecular flexibility index (Phi) is 12.6. The van der Waals surface area contributed by atoms with Crippen molar-refractivity contribution >= 4 is 29.3 Å². The number of aliphatic carboxylic acids is 2. The largest absolute Gasteiger partial charge is 0.547 e. The SMILES string of the molecule is CCO[C@@H](Cc1ccc(OCCN2c3ccccc3Oc3ccccc32)cc1)C(=O)[O-].NC(N)=NCCC[C@H]([NH3+])C(=O)O. The fraction of sp³-hybridized carbons (Fsp3) is 0.323. The van der Waals surface area contributed by atoms with Gasteiger partial charge < -0.3 is 51.3 Å². The summed E-state index contributed by atoms with van der Waals surface area (Å²) in [6.45, 7) is 3.67. The molecule has 0 radical (unpaired) electrons. The van der Waals surface area contributed by atoms with E-state index in [9.17, 15) is 14.7 Å². The van der Waals surface area contributed by atoms with Gasteiger partial charge in [-0.25, -0.2) is 4.79 Å². The van der Waals surface area contributed by atoms with Crippen molar-refractivity contribution in [3.05, 3.63) is 78.4 Å². The summed E-state index contributed by atoms with van der Waals surface area (Å²) in [6.07, 6.45) is 0.445. The number of fused-ring (bicyclic) bond motifs is 2. The molecule has 0 saturated heterocycles. The van der Waals surface area contributed by atoms with E-state index in [1.807, 2.05) is 72.8 Å². The first-order valence-corrected chi connectivity index (χ1v) is 14.0. The smallest absolute Gasteiger partial charge is 0.362 e. The number of carbonyl (C=O) groups excluding carboxylic acids is 1. The highest BCUT2D eigenvalue weighted by molar-refractivity contribution is 5.78. The Morgan fingerprint density at radius 1 is 1.02 bits per heavy atom. The van der Waals surface area contributed by atoms with E-state index >= 15 is 0 Å². The van der Waals surface area contributed by atoms with E-state index in [0.29, 0.717) is 39.1 Å². The van der Waals surface area contributed by atoms with E-state index in [1.54, 1.807) is 6.92 Å². The number of para-hydroxylation sites is 4. The lowest BCUT2D eigenvalue weighted by atomic mass is 10.1. The molecule has 1 aliphatic rings. The van der Waals surface area contributed by atoms with Gasteiger partial charge in [0.2, 0.25) is 0 Å². The van der Waals surface area contributed by atoms with Gasteiger partial charge in [0.15, 0.2) is 23.5 Å². The normalized spacial score (nSPS) is 12.7. The first kappa shape index (κ1) is 32.7. The van der Waals surface area contributed by atoms with Gasteiger partial charge >= 0.3 is 5.97 Å². The zero-order valence-electron chi connectivity index (χ0n) is 24.2. The highest BCUT2D eigenvalue weighted by atomic mass is 16.5. The second-order valence-corrected chi connectivity index (χ2v) is 9.63. The summed E-state index contributed by atoms with van der Waals surface area (Å²) >= 11 is 0. The monoisotopic (exact) mass is 593 g/mol. The summed E-state index contributed by atoms with van der Waals surface area (Å²) in [5, 5.41) is 19.6. The number of aliphatic imine (C=N–C) groups is 1. The van der Waals surface area contributed by atoms with E-state index < -0.39 is 24.1 Å². The second kappa shape index (κ2) is 16.6. The Morgan fingerprint density at radius 3 is 2.16 bits per heavy atom. The summed E-state index contributed by atoms with van der Waals surface area (Å²) in [6, 6.07) is 22.7. The molecule has 0 fully saturated rings. The molecule has 0 aliphatic carbocycles. The fourth-order valence-electron chi connectivity index (χ4n) is 4.29. The molecule has 8 N–H and O–H groups in total. The Hall–Kier alpha value is -4.81. The highest BCUT2D eigenvalue weighted by Crippen LogP contribution is 2.45. The van der Waals surface area contributed by atoms with E-state index in [1.165, 1.54) is 0 Å². The molecule has 0 amide bonds. The summed E-state index contributed by atoms with van der Waals surface area (Å²) in [5.74, 6) is 0.309. The maximum atomic E-state index is 11.2. The molecule has 230 valence electrons. The molecule has 12 heteroatoms. The number of guanidine groups is 1. The molecule has 2 atom stereocenters. The molecular weight excluding hydrogens is 554 g/mol. The lowest BCUT2D eigenvalue weighted by Gasteiger charge is -2.32. The van der Waals surface area contributed by atoms with E-state index in [-0.39, 0.29) is 12.4 Å². The minimum Gasteiger partial charge on any atom is -0.547 e. The van der Waals surface area contributed by atoms with Gasteiger partial charge in [0, 0.05) is 26.0 Å². The van der Waals surface area contributed by atoms with Crippen molar-refractivity contribution in [3.8, 4) is 17.2 Å². The van der Waals surface area contributed by atoms with Gasteiger partial charge in [0.1, 0.15) is 18.5 Å². The van der Waals surface area contributed by atoms with Gasteiger partial charge in [0.25, 0.3) is 0 Å². The van der Waals surface area contributed by atoms with E-state index in [0.717, 1.165) is 34.2 Å². The van der Waals surface area contributed by atoms with E-state index in [2.05, 4.69) is 15.6 Å². The van der Waals surface area contributed by atoms with Gasteiger partial charge in [-0.15, -0.1) is 0 Å². The van der Waals surface area contributed by atoms with Crippen LogP contribution in [-0.2, 0) is 20.7 Å². The van der Waals surface area contributed by atoms with Crippen LogP contribution < -0.4 is 36.7 Å². The van der Waals surface area contributed by atoms with Gasteiger partial charge in [0.05, 0.1) is 23.9 Å². The van der Waals surface area contributed by atoms with Crippen molar-refractivity contribution in [2.45, 2.75) is 38.3 Å². The molecule has 3 aromatic rings. The molecular formula is C31H39N5O7. The van der Waals surface area contributed by atoms with Gasteiger partial charge in [-0.05, 0) is 55.3 Å². The number of carbonyl (C=O) groups is 2. The molecule has 0 spiro atoms. The predicted octanol–water partition coefficient (Wildman–Crippen LogP) is 1.44. The van der Waals surface area contributed by atoms with Crippen LogP contribution in [0.5, 0.6) is 17.2 Å². The van der Waals surface area contributed by atoms with Crippen LogP contribution in [-0.4, -0.2) is 61.5 Å². The second-order valence-electron chi connectivity index (χ2n) is 9.63. The van der Waals surface area contributed by atoms with Crippen LogP contribution in [0.15, 0.2) is 77.8 Å². The minimum absolute atomic E-state index is 0.0333. The highest BCUT2D eigenvalue weighted by Gasteiger charge is 2.23. The van der Waals surface area contributed by atoms with Gasteiger partial charge in [-0.2, -0.15) is 0 Å². The van der Waals surface area contributed by atoms with Crippen molar-refractivity contribution < 1.29 is 39.7 Å². The van der Waals surface area contributed by atoms with E-state index in [4.69, 9.17) is 30.8 Å². The number of carboxylic acids is 2.